The summed E-state index contributed by atoms with van der Waals surface area (Å²) in [5, 5.41) is 39.6. The number of esters is 1. The number of aromatic amines is 4. The lowest BCUT2D eigenvalue weighted by molar-refractivity contribution is -0.155. The number of aromatic nitrogens is 10. The largest absolute Gasteiger partial charge is 0.491 e. The van der Waals surface area contributed by atoms with E-state index in [2.05, 4.69) is 103 Å². The minimum atomic E-state index is -4.53. The number of hydrogen-bond donors (Lipinski definition) is 9. The van der Waals surface area contributed by atoms with Crippen molar-refractivity contribution in [1.29, 1.82) is 0 Å². The zero-order chi connectivity index (χ0) is 90.7. The van der Waals surface area contributed by atoms with Crippen LogP contribution in [0.25, 0.3) is 42.3 Å². The fraction of sp³-hybridized carbons (Fsp3) is 0.472. The molecule has 668 valence electrons. The Bertz CT molecular complexity index is 6120. The lowest BCUT2D eigenvalue weighted by Crippen LogP contribution is -2.42. The minimum Gasteiger partial charge on any atom is -0.491 e. The van der Waals surface area contributed by atoms with Crippen LogP contribution in [-0.2, 0) is 36.6 Å². The predicted molar refractivity (Wildman–Crippen MR) is 472 cm³/mol. The molecule has 9 N–H and O–H groups in total. The Balaban J connectivity index is 0.000000174. The number of carboxylic acids is 3. The number of carboxylic acid groups (broad SMARTS) is 3. The number of aryl methyl sites for hydroxylation is 5. The van der Waals surface area contributed by atoms with Gasteiger partial charge in [0.25, 0.3) is 22.2 Å². The number of fused-ring (bicyclic) bond motifs is 8. The molecule has 7 aromatic rings. The number of carbonyl (C=O) groups excluding carboxylic acids is 1. The van der Waals surface area contributed by atoms with Crippen molar-refractivity contribution >= 4 is 118 Å². The average molecular weight is 1730 g/mol. The number of halogens is 3. The SMILES string of the molecule is C=c1nc2c(c(=O)[nH]1)=Nc1cc(C)c(C(F)(F)F)cc1N2CCCCCCC(=O)O.C=c1nc2c(c(=O)[nH]1)=Nc1cc(C)c(NC3CCCC3)cc1N2CCCCCCC(=O)O.C=c1nc2c(c(=O)[nH]1)=Nc1cc(C)c(OCCO)cc1N2CCCCCCC(=O)O.Cc1cc2nc3c(=O)[nH]c(=O)nc-3n(CCCCCCC(=O)OC(C)(C)C)c2cc1N(C)C. The first-order chi connectivity index (χ1) is 59.4. The number of aliphatic hydroxyl groups excluding tert-OH is 1. The first-order valence-corrected chi connectivity index (χ1v) is 42.2. The van der Waals surface area contributed by atoms with E-state index < -0.39 is 52.1 Å². The van der Waals surface area contributed by atoms with Crippen molar-refractivity contribution in [2.24, 2.45) is 15.0 Å². The molecule has 1 fully saturated rings. The maximum Gasteiger partial charge on any atom is 0.416 e. The molecule has 0 atom stereocenters. The van der Waals surface area contributed by atoms with Gasteiger partial charge >= 0.3 is 35.7 Å². The molecule has 0 unspecified atom stereocenters. The average Bonchev–Trinajstić information content (AvgIpc) is 0.793. The molecule has 0 spiro atoms. The molecule has 13 rings (SSSR count). The number of aliphatic carboxylic acids is 3. The van der Waals surface area contributed by atoms with Gasteiger partial charge in [-0.1, -0.05) is 83.9 Å². The van der Waals surface area contributed by atoms with Gasteiger partial charge in [0.1, 0.15) is 34.4 Å². The van der Waals surface area contributed by atoms with Crippen LogP contribution < -0.4 is 90.1 Å². The van der Waals surface area contributed by atoms with E-state index in [1.807, 2.05) is 93.4 Å². The summed E-state index contributed by atoms with van der Waals surface area (Å²) in [6, 6.07) is 14.7. The predicted octanol–water partition coefficient (Wildman–Crippen LogP) is 10.8. The van der Waals surface area contributed by atoms with E-state index in [4.69, 9.17) is 29.9 Å². The van der Waals surface area contributed by atoms with Gasteiger partial charge in [-0.25, -0.2) is 39.7 Å². The van der Waals surface area contributed by atoms with E-state index >= 15 is 0 Å². The molecule has 125 heavy (non-hydrogen) atoms. The van der Waals surface area contributed by atoms with Crippen LogP contribution in [-0.4, -0.2) is 152 Å². The highest BCUT2D eigenvalue weighted by Crippen LogP contribution is 2.44. The lowest BCUT2D eigenvalue weighted by atomic mass is 10.0. The highest BCUT2D eigenvalue weighted by atomic mass is 19.4. The maximum atomic E-state index is 13.4. The van der Waals surface area contributed by atoms with Crippen LogP contribution in [0, 0.1) is 27.7 Å². The molecule has 0 bridgehead atoms. The number of hydrogen-bond acceptors (Lipinski definition) is 25. The summed E-state index contributed by atoms with van der Waals surface area (Å²) >= 11 is 0. The molecular formula is C89H111F3N18O15. The van der Waals surface area contributed by atoms with Crippen LogP contribution in [0.2, 0.25) is 0 Å². The standard InChI is InChI=1S/C24H33N5O4.C24H31N5O3.C21H26N4O5.C20H21F3N4O3/c1-15-13-16-18(14-17(15)28(5)6)29(21-20(25-16)22(31)27-23(32)26-21)12-10-8-7-9-11-19(30)33-24(2,3)4;1-15-13-19-20(14-18(15)27-17-9-6-7-10-17)29(12-8-4-3-5-11-21(30)31)23-22(28-19)24(32)26-16(2)25-23;1-13-11-15-16(12-17(13)30-10-9-26)25(8-6-4-3-5-7-18(27)28)20-19(24-15)21(29)23-14(2)22-20;1-11-9-14-15(10-13(11)20(21,22)23)27(8-6-4-3-5-7-16(28)29)18-17(26-14)19(30)25-12(2)24-18/h13-14H,7-12H2,1-6H3,(H,27,31,32);13-14,17,27H,2-12H2,1H3,(H,26,32)(H,30,31);11-12,26H,2-10H2,1H3,(H,23,29)(H,27,28);9-10H,2-8H2,1H3,(H,25,30)(H,28,29). The molecular weight excluding hydrogens is 1620 g/mol. The second-order valence-electron chi connectivity index (χ2n) is 32.7. The quantitative estimate of drug-likeness (QED) is 0.0103. The van der Waals surface area contributed by atoms with E-state index in [9.17, 15) is 56.3 Å². The van der Waals surface area contributed by atoms with Crippen LogP contribution in [0.1, 0.15) is 203 Å². The number of nitrogens with zero attached hydrogens (tertiary/aromatic N) is 13. The number of anilines is 8. The van der Waals surface area contributed by atoms with Crippen molar-refractivity contribution in [2.45, 2.75) is 227 Å². The molecule has 1 aliphatic carbocycles. The number of benzene rings is 4. The Morgan fingerprint density at radius 2 is 0.952 bits per heavy atom. The van der Waals surface area contributed by atoms with E-state index in [1.54, 1.807) is 4.90 Å². The van der Waals surface area contributed by atoms with E-state index in [0.717, 1.165) is 121 Å². The number of unbranched alkanes of at least 4 members (excludes halogenated alkanes) is 12. The first-order valence-electron chi connectivity index (χ1n) is 42.2. The van der Waals surface area contributed by atoms with E-state index in [0.29, 0.717) is 122 Å². The summed E-state index contributed by atoms with van der Waals surface area (Å²) in [4.78, 5) is 158. The third-order valence-electron chi connectivity index (χ3n) is 21.3. The Kier molecular flexibility index (Phi) is 32.2. The van der Waals surface area contributed by atoms with Crippen LogP contribution in [0.3, 0.4) is 0 Å². The molecule has 1 saturated carbocycles. The van der Waals surface area contributed by atoms with Crippen LogP contribution in [0.5, 0.6) is 5.75 Å². The first kappa shape index (κ1) is 94.5. The second kappa shape index (κ2) is 42.6. The number of H-pyrrole nitrogens is 4. The maximum absolute atomic E-state index is 13.4. The van der Waals surface area contributed by atoms with E-state index in [1.165, 1.54) is 38.7 Å². The minimum absolute atomic E-state index is 0.0141. The van der Waals surface area contributed by atoms with Gasteiger partial charge in [0.2, 0.25) is 0 Å². The van der Waals surface area contributed by atoms with Gasteiger partial charge in [-0.15, -0.1) is 0 Å². The fourth-order valence-electron chi connectivity index (χ4n) is 15.4. The monoisotopic (exact) mass is 1730 g/mol. The number of alkyl halides is 3. The number of nitrogens with one attached hydrogen (secondary N) is 5. The normalized spacial score (nSPS) is 13.0. The van der Waals surface area contributed by atoms with Gasteiger partial charge in [0.15, 0.2) is 45.0 Å². The van der Waals surface area contributed by atoms with Gasteiger partial charge in [-0.05, 0) is 177 Å². The summed E-state index contributed by atoms with van der Waals surface area (Å²) in [5.74, 6) is -0.517. The summed E-state index contributed by atoms with van der Waals surface area (Å²) in [5.41, 5.74) is 7.46. The van der Waals surface area contributed by atoms with Gasteiger partial charge in [0.05, 0.1) is 57.3 Å². The number of aliphatic hydroxyl groups is 1. The third kappa shape index (κ3) is 25.3. The summed E-state index contributed by atoms with van der Waals surface area (Å²) in [6.07, 6.45) is 13.4. The Labute approximate surface area is 717 Å². The van der Waals surface area contributed by atoms with Gasteiger partial charge in [0, 0.05) is 89.4 Å². The molecule has 8 heterocycles. The number of rotatable bonds is 34. The lowest BCUT2D eigenvalue weighted by Gasteiger charge is -2.29. The highest BCUT2D eigenvalue weighted by molar-refractivity contribution is 5.86. The van der Waals surface area contributed by atoms with Crippen molar-refractivity contribution in [3.63, 3.8) is 0 Å². The molecule has 33 nitrogen and oxygen atoms in total. The van der Waals surface area contributed by atoms with Crippen LogP contribution in [0.4, 0.5) is 76.1 Å². The molecule has 3 aromatic heterocycles. The Hall–Kier alpha value is -12.8. The van der Waals surface area contributed by atoms with Gasteiger partial charge in [-0.3, -0.25) is 43.3 Å². The molecule has 0 saturated heterocycles. The van der Waals surface area contributed by atoms with Gasteiger partial charge < -0.3 is 74.3 Å². The third-order valence-corrected chi connectivity index (χ3v) is 21.3. The van der Waals surface area contributed by atoms with Crippen molar-refractivity contribution in [3.05, 3.63) is 161 Å². The molecule has 5 aliphatic heterocycles. The molecule has 4 aromatic carbocycles. The van der Waals surface area contributed by atoms with Crippen LogP contribution >= 0.6 is 0 Å². The Morgan fingerprint density at radius 1 is 0.520 bits per heavy atom. The van der Waals surface area contributed by atoms with E-state index in [-0.39, 0.29) is 99.7 Å². The summed E-state index contributed by atoms with van der Waals surface area (Å²) < 4.78 is 53.2. The van der Waals surface area contributed by atoms with Crippen molar-refractivity contribution in [3.8, 4) is 17.3 Å². The summed E-state index contributed by atoms with van der Waals surface area (Å²) in [7, 11) is 3.94. The molecule has 36 heteroatoms. The fourth-order valence-corrected chi connectivity index (χ4v) is 15.4. The zero-order valence-corrected chi connectivity index (χ0v) is 72.3. The van der Waals surface area contributed by atoms with Gasteiger partial charge in [-0.2, -0.15) is 18.2 Å². The number of ether oxygens (including phenoxy) is 2. The van der Waals surface area contributed by atoms with Crippen molar-refractivity contribution in [2.75, 3.05) is 71.9 Å². The molecule has 6 aliphatic rings. The zero-order valence-electron chi connectivity index (χ0n) is 72.3. The van der Waals surface area contributed by atoms with Crippen molar-refractivity contribution < 1.29 is 62.2 Å². The smallest absolute Gasteiger partial charge is 0.416 e. The molecule has 0 amide bonds. The Morgan fingerprint density at radius 3 is 1.40 bits per heavy atom. The number of carbonyl (C=O) groups is 4. The topological polar surface area (TPSA) is 448 Å². The summed E-state index contributed by atoms with van der Waals surface area (Å²) in [6.45, 7) is 26.3. The highest BCUT2D eigenvalue weighted by Gasteiger charge is 2.36. The molecule has 0 radical (unpaired) electrons. The van der Waals surface area contributed by atoms with Crippen LogP contribution in [0.15, 0.2) is 87.5 Å². The second-order valence-corrected chi connectivity index (χ2v) is 32.7. The van der Waals surface area contributed by atoms with Crippen molar-refractivity contribution in [1.82, 2.24) is 49.4 Å².